The number of ether oxygens (including phenoxy) is 1. The SMILES string of the molecule is CN(C)C[C@@H]1CCC2C=C(C3=C(C(=O)NC3=O)C3=CC(CCO1)c1ccccc13)c1ccccc12. The lowest BCUT2D eigenvalue weighted by molar-refractivity contribution is -0.123. The third-order valence-corrected chi connectivity index (χ3v) is 7.66. The van der Waals surface area contributed by atoms with E-state index in [1.54, 1.807) is 0 Å². The summed E-state index contributed by atoms with van der Waals surface area (Å²) in [5.74, 6) is -0.261. The number of carbonyl (C=O) groups excluding carboxylic acids is 2. The number of nitrogens with one attached hydrogen (secondary N) is 1. The molecule has 2 unspecified atom stereocenters. The molecule has 0 saturated carbocycles. The molecular weight excluding hydrogens is 436 g/mol. The monoisotopic (exact) mass is 466 g/mol. The number of hydrogen-bond donors (Lipinski definition) is 1. The van der Waals surface area contributed by atoms with E-state index in [1.165, 1.54) is 11.1 Å². The normalized spacial score (nSPS) is 25.5. The van der Waals surface area contributed by atoms with Gasteiger partial charge in [-0.05, 0) is 66.8 Å². The van der Waals surface area contributed by atoms with Crippen molar-refractivity contribution in [3.8, 4) is 0 Å². The van der Waals surface area contributed by atoms with E-state index in [2.05, 4.69) is 66.8 Å². The van der Waals surface area contributed by atoms with E-state index in [0.29, 0.717) is 17.8 Å². The fourth-order valence-electron chi connectivity index (χ4n) is 6.14. The highest BCUT2D eigenvalue weighted by molar-refractivity contribution is 6.32. The molecule has 0 aromatic heterocycles. The number of likely N-dealkylation sites (N-methyl/N-ethyl adjacent to an activating group) is 1. The summed E-state index contributed by atoms with van der Waals surface area (Å²) in [4.78, 5) is 28.6. The van der Waals surface area contributed by atoms with Crippen molar-refractivity contribution in [1.29, 1.82) is 0 Å². The highest BCUT2D eigenvalue weighted by atomic mass is 16.5. The maximum atomic E-state index is 13.2. The molecule has 4 bridgehead atoms. The van der Waals surface area contributed by atoms with Crippen molar-refractivity contribution in [1.82, 2.24) is 10.2 Å². The Kier molecular flexibility index (Phi) is 5.54. The van der Waals surface area contributed by atoms with Crippen molar-refractivity contribution in [2.75, 3.05) is 27.2 Å². The molecule has 0 radical (unpaired) electrons. The van der Waals surface area contributed by atoms with Gasteiger partial charge in [0.1, 0.15) is 0 Å². The van der Waals surface area contributed by atoms with Crippen molar-refractivity contribution < 1.29 is 14.3 Å². The number of fused-ring (bicyclic) bond motifs is 10. The van der Waals surface area contributed by atoms with Crippen molar-refractivity contribution in [2.45, 2.75) is 37.2 Å². The Hall–Kier alpha value is -3.28. The second kappa shape index (κ2) is 8.74. The summed E-state index contributed by atoms with van der Waals surface area (Å²) >= 11 is 0. The summed E-state index contributed by atoms with van der Waals surface area (Å²) in [7, 11) is 4.17. The molecule has 2 amide bonds. The maximum Gasteiger partial charge on any atom is 0.259 e. The largest absolute Gasteiger partial charge is 0.377 e. The first-order valence-corrected chi connectivity index (χ1v) is 12.5. The Balaban J connectivity index is 1.53. The lowest BCUT2D eigenvalue weighted by atomic mass is 9.90. The van der Waals surface area contributed by atoms with Crippen LogP contribution >= 0.6 is 0 Å². The summed E-state index contributed by atoms with van der Waals surface area (Å²) in [5.41, 5.74) is 7.29. The highest BCUT2D eigenvalue weighted by Gasteiger charge is 2.40. The first kappa shape index (κ1) is 22.2. The molecule has 6 rings (SSSR count). The van der Waals surface area contributed by atoms with Crippen molar-refractivity contribution in [3.05, 3.63) is 94.1 Å². The standard InChI is InChI=1S/C30H30N2O3/c1-32(2)17-20-12-11-18-15-25(23-9-5-3-7-21(18)23)27-28(30(34)31-29(27)33)26-16-19(13-14-35-20)22-8-4-6-10-24(22)26/h3-10,15-16,18-20H,11-14,17H2,1-2H3,(H,31,33,34)/t18?,19?,20-/m0/s1. The van der Waals surface area contributed by atoms with Gasteiger partial charge >= 0.3 is 0 Å². The van der Waals surface area contributed by atoms with Crippen molar-refractivity contribution in [3.63, 3.8) is 0 Å². The van der Waals surface area contributed by atoms with E-state index in [-0.39, 0.29) is 29.8 Å². The van der Waals surface area contributed by atoms with Crippen LogP contribution in [-0.2, 0) is 14.3 Å². The van der Waals surface area contributed by atoms with Gasteiger partial charge in [0.25, 0.3) is 11.8 Å². The lowest BCUT2D eigenvalue weighted by Crippen LogP contribution is -2.29. The van der Waals surface area contributed by atoms with Crippen molar-refractivity contribution >= 4 is 23.0 Å². The summed E-state index contributed by atoms with van der Waals surface area (Å²) in [5, 5.41) is 2.60. The number of amides is 2. The number of imide groups is 1. The number of rotatable bonds is 2. The minimum atomic E-state index is -0.303. The number of benzene rings is 2. The molecule has 0 fully saturated rings. The maximum absolute atomic E-state index is 13.2. The second-order valence-electron chi connectivity index (χ2n) is 10.2. The van der Waals surface area contributed by atoms with Crippen molar-refractivity contribution in [2.24, 2.45) is 0 Å². The Morgan fingerprint density at radius 3 is 1.91 bits per heavy atom. The minimum absolute atomic E-state index is 0.142. The molecule has 2 aliphatic heterocycles. The molecule has 5 heteroatoms. The number of nitrogens with zero attached hydrogens (tertiary/aromatic N) is 1. The summed E-state index contributed by atoms with van der Waals surface area (Å²) in [6, 6.07) is 16.5. The van der Waals surface area contributed by atoms with Gasteiger partial charge in [-0.1, -0.05) is 60.7 Å². The molecule has 0 spiro atoms. The second-order valence-corrected chi connectivity index (χ2v) is 10.2. The van der Waals surface area contributed by atoms with Crippen LogP contribution in [0.2, 0.25) is 0 Å². The Bertz CT molecular complexity index is 1320. The zero-order valence-corrected chi connectivity index (χ0v) is 20.2. The molecule has 3 atom stereocenters. The van der Waals surface area contributed by atoms with Gasteiger partial charge in [0.2, 0.25) is 0 Å². The van der Waals surface area contributed by atoms with E-state index in [4.69, 9.17) is 4.74 Å². The molecule has 0 saturated heterocycles. The van der Waals surface area contributed by atoms with Crippen LogP contribution in [0.4, 0.5) is 0 Å². The smallest absolute Gasteiger partial charge is 0.259 e. The molecular formula is C30H30N2O3. The lowest BCUT2D eigenvalue weighted by Gasteiger charge is -2.24. The predicted molar refractivity (Wildman–Crippen MR) is 137 cm³/mol. The van der Waals surface area contributed by atoms with Gasteiger partial charge < -0.3 is 9.64 Å². The minimum Gasteiger partial charge on any atom is -0.377 e. The van der Waals surface area contributed by atoms with Crippen LogP contribution in [0.1, 0.15) is 53.4 Å². The van der Waals surface area contributed by atoms with Crippen LogP contribution in [0.5, 0.6) is 0 Å². The van der Waals surface area contributed by atoms with E-state index >= 15 is 0 Å². The van der Waals surface area contributed by atoms with Gasteiger partial charge in [0.05, 0.1) is 17.3 Å². The van der Waals surface area contributed by atoms with Crippen LogP contribution in [0, 0.1) is 0 Å². The fraction of sp³-hybridized carbons (Fsp3) is 0.333. The Morgan fingerprint density at radius 2 is 1.34 bits per heavy atom. The van der Waals surface area contributed by atoms with Crippen LogP contribution < -0.4 is 5.32 Å². The zero-order chi connectivity index (χ0) is 24.1. The number of carbonyl (C=O) groups is 2. The van der Waals surface area contributed by atoms with E-state index in [9.17, 15) is 9.59 Å². The molecule has 2 aromatic rings. The molecule has 178 valence electrons. The van der Waals surface area contributed by atoms with Crippen LogP contribution in [0.25, 0.3) is 11.1 Å². The quantitative estimate of drug-likeness (QED) is 0.666. The summed E-state index contributed by atoms with van der Waals surface area (Å²) < 4.78 is 6.45. The topological polar surface area (TPSA) is 58.6 Å². The van der Waals surface area contributed by atoms with Gasteiger partial charge in [0.15, 0.2) is 0 Å². The summed E-state index contributed by atoms with van der Waals surface area (Å²) in [6.07, 6.45) is 7.23. The average Bonchev–Trinajstić information content (AvgIpc) is 3.47. The van der Waals surface area contributed by atoms with Crippen LogP contribution in [0.15, 0.2) is 71.8 Å². The molecule has 1 N–H and O–H groups in total. The van der Waals surface area contributed by atoms with Gasteiger partial charge in [-0.15, -0.1) is 0 Å². The molecule has 2 heterocycles. The Morgan fingerprint density at radius 1 is 0.800 bits per heavy atom. The van der Waals surface area contributed by atoms with Crippen LogP contribution in [-0.4, -0.2) is 50.1 Å². The zero-order valence-electron chi connectivity index (χ0n) is 20.2. The average molecular weight is 467 g/mol. The van der Waals surface area contributed by atoms with Crippen LogP contribution in [0.3, 0.4) is 0 Å². The van der Waals surface area contributed by atoms with E-state index in [1.807, 2.05) is 18.2 Å². The first-order valence-electron chi connectivity index (χ1n) is 12.5. The van der Waals surface area contributed by atoms with Gasteiger partial charge in [-0.2, -0.15) is 0 Å². The molecule has 2 aromatic carbocycles. The number of allylic oxidation sites excluding steroid dienone is 2. The molecule has 2 aliphatic carbocycles. The van der Waals surface area contributed by atoms with E-state index in [0.717, 1.165) is 48.1 Å². The third-order valence-electron chi connectivity index (χ3n) is 7.66. The number of hydrogen-bond acceptors (Lipinski definition) is 4. The molecule has 5 nitrogen and oxygen atoms in total. The predicted octanol–water partition coefficient (Wildman–Crippen LogP) is 4.43. The van der Waals surface area contributed by atoms with Gasteiger partial charge in [-0.25, -0.2) is 0 Å². The van der Waals surface area contributed by atoms with Gasteiger partial charge in [-0.3, -0.25) is 14.9 Å². The highest BCUT2D eigenvalue weighted by Crippen LogP contribution is 2.48. The fourth-order valence-corrected chi connectivity index (χ4v) is 6.14. The molecule has 4 aliphatic rings. The van der Waals surface area contributed by atoms with E-state index < -0.39 is 0 Å². The van der Waals surface area contributed by atoms with Gasteiger partial charge in [0, 0.05) is 25.0 Å². The first-order chi connectivity index (χ1) is 17.0. The third kappa shape index (κ3) is 3.79. The summed E-state index contributed by atoms with van der Waals surface area (Å²) in [6.45, 7) is 1.53. The molecule has 35 heavy (non-hydrogen) atoms. The Labute approximate surface area is 206 Å².